The molecular weight excluding hydrogens is 655 g/mol. The van der Waals surface area contributed by atoms with Gasteiger partial charge < -0.3 is 5.32 Å². The molecule has 1 aliphatic carbocycles. The van der Waals surface area contributed by atoms with Crippen molar-refractivity contribution >= 4 is 37.9 Å². The molecule has 0 radical (unpaired) electrons. The minimum atomic E-state index is 0.716. The highest BCUT2D eigenvalue weighted by Crippen LogP contribution is 2.44. The topological polar surface area (TPSA) is 37.8 Å². The van der Waals surface area contributed by atoms with E-state index in [1.807, 2.05) is 6.20 Å². The molecule has 1 N–H and O–H groups in total. The highest BCUT2D eigenvalue weighted by Gasteiger charge is 2.20. The first-order chi connectivity index (χ1) is 26.8. The van der Waals surface area contributed by atoms with E-state index in [9.17, 15) is 0 Å². The van der Waals surface area contributed by atoms with Crippen LogP contribution in [0.15, 0.2) is 193 Å². The van der Waals surface area contributed by atoms with E-state index in [0.29, 0.717) is 5.82 Å². The van der Waals surface area contributed by atoms with E-state index in [1.165, 1.54) is 65.7 Å². The molecule has 2 aliphatic rings. The number of rotatable bonds is 6. The van der Waals surface area contributed by atoms with Gasteiger partial charge in [0, 0.05) is 23.2 Å². The van der Waals surface area contributed by atoms with Crippen molar-refractivity contribution in [3.63, 3.8) is 0 Å². The predicted octanol–water partition coefficient (Wildman–Crippen LogP) is 12.8. The Kier molecular flexibility index (Phi) is 8.03. The van der Waals surface area contributed by atoms with Gasteiger partial charge in [-0.15, -0.1) is 0 Å². The van der Waals surface area contributed by atoms with Gasteiger partial charge in [0.1, 0.15) is 0 Å². The number of hydrogen-bond donors (Lipinski definition) is 1. The van der Waals surface area contributed by atoms with Crippen LogP contribution in [0, 0.1) is 0 Å². The fourth-order valence-corrected chi connectivity index (χ4v) is 8.28. The third kappa shape index (κ3) is 5.71. The largest absolute Gasteiger partial charge is 0.387 e. The summed E-state index contributed by atoms with van der Waals surface area (Å²) in [6.07, 6.45) is 12.9. The molecule has 0 saturated carbocycles. The van der Waals surface area contributed by atoms with E-state index < -0.39 is 0 Å². The average Bonchev–Trinajstić information content (AvgIpc) is 3.26. The van der Waals surface area contributed by atoms with E-state index >= 15 is 0 Å². The van der Waals surface area contributed by atoms with Gasteiger partial charge in [-0.3, -0.25) is 0 Å². The lowest BCUT2D eigenvalue weighted by Gasteiger charge is -2.21. The van der Waals surface area contributed by atoms with Gasteiger partial charge >= 0.3 is 0 Å². The van der Waals surface area contributed by atoms with Crippen LogP contribution in [-0.2, 0) is 0 Å². The number of nitrogens with zero attached hydrogens (tertiary/aromatic N) is 2. The van der Waals surface area contributed by atoms with Crippen molar-refractivity contribution < 1.29 is 0 Å². The molecule has 1 aromatic heterocycles. The molecule has 0 unspecified atom stereocenters. The van der Waals surface area contributed by atoms with Gasteiger partial charge in [-0.05, 0) is 109 Å². The van der Waals surface area contributed by atoms with Gasteiger partial charge in [0.2, 0.25) is 0 Å². The Balaban J connectivity index is 1.19. The lowest BCUT2D eigenvalue weighted by atomic mass is 9.85. The number of aromatic nitrogens is 2. The normalized spacial score (nSPS) is 14.1. The zero-order valence-corrected chi connectivity index (χ0v) is 29.8. The molecule has 0 fully saturated rings. The second-order valence-corrected chi connectivity index (χ2v) is 14.1. The van der Waals surface area contributed by atoms with Crippen LogP contribution in [0.5, 0.6) is 0 Å². The molecular formula is C51H37N3. The monoisotopic (exact) mass is 691 g/mol. The standard InChI is InChI=1S/C51H37N3/c1-2-15-35(16-3-1)49-43-23-8-10-25-45(43)50(46-26-11-9-24-44(46)49)38-18-12-19-39(31-38)51-53-47(37-28-27-34-14-4-5-17-36(34)30-37)32-48(54-51)42-22-7-6-21-41(42)40-20-13-29-52-33-40/h1-5,7-20,22-32,52H,6,21,33H2. The van der Waals surface area contributed by atoms with Crippen molar-refractivity contribution in [3.8, 4) is 44.9 Å². The Hall–Kier alpha value is -6.84. The van der Waals surface area contributed by atoms with Crippen LogP contribution >= 0.6 is 0 Å². The Morgan fingerprint density at radius 3 is 1.89 bits per heavy atom. The first-order valence-corrected chi connectivity index (χ1v) is 18.8. The van der Waals surface area contributed by atoms with Crippen LogP contribution in [0.25, 0.3) is 82.8 Å². The van der Waals surface area contributed by atoms with E-state index in [-0.39, 0.29) is 0 Å². The van der Waals surface area contributed by atoms with Crippen molar-refractivity contribution in [1.82, 2.24) is 15.3 Å². The lowest BCUT2D eigenvalue weighted by molar-refractivity contribution is 0.883. The molecule has 8 aromatic rings. The zero-order chi connectivity index (χ0) is 35.8. The summed E-state index contributed by atoms with van der Waals surface area (Å²) >= 11 is 0. The zero-order valence-electron chi connectivity index (χ0n) is 29.8. The van der Waals surface area contributed by atoms with Gasteiger partial charge in [-0.1, -0.05) is 152 Å². The second-order valence-electron chi connectivity index (χ2n) is 14.1. The van der Waals surface area contributed by atoms with Crippen molar-refractivity contribution in [2.45, 2.75) is 12.8 Å². The Labute approximate surface area is 315 Å². The van der Waals surface area contributed by atoms with Crippen LogP contribution in [0.4, 0.5) is 0 Å². The number of hydrogen-bond acceptors (Lipinski definition) is 3. The molecule has 0 amide bonds. The lowest BCUT2D eigenvalue weighted by Crippen LogP contribution is -2.15. The van der Waals surface area contributed by atoms with Crippen LogP contribution in [0.1, 0.15) is 18.5 Å². The second kappa shape index (κ2) is 13.6. The number of allylic oxidation sites excluding steroid dienone is 5. The van der Waals surface area contributed by atoms with Crippen LogP contribution in [0.3, 0.4) is 0 Å². The first kappa shape index (κ1) is 31.9. The molecule has 54 heavy (non-hydrogen) atoms. The first-order valence-electron chi connectivity index (χ1n) is 18.8. The molecule has 2 heterocycles. The number of nitrogens with one attached hydrogen (secondary N) is 1. The maximum Gasteiger partial charge on any atom is 0.160 e. The summed E-state index contributed by atoms with van der Waals surface area (Å²) in [6, 6.07) is 54.5. The molecule has 3 nitrogen and oxygen atoms in total. The summed E-state index contributed by atoms with van der Waals surface area (Å²) in [5.74, 6) is 0.716. The van der Waals surface area contributed by atoms with Crippen molar-refractivity contribution in [3.05, 3.63) is 199 Å². The molecule has 0 saturated heterocycles. The quantitative estimate of drug-likeness (QED) is 0.176. The number of benzene rings is 7. The summed E-state index contributed by atoms with van der Waals surface area (Å²) < 4.78 is 0. The van der Waals surface area contributed by atoms with Crippen LogP contribution in [-0.4, -0.2) is 16.5 Å². The van der Waals surface area contributed by atoms with Crippen LogP contribution < -0.4 is 5.32 Å². The minimum Gasteiger partial charge on any atom is -0.387 e. The molecule has 10 rings (SSSR count). The van der Waals surface area contributed by atoms with E-state index in [0.717, 1.165) is 47.5 Å². The Morgan fingerprint density at radius 1 is 0.500 bits per heavy atom. The molecule has 0 spiro atoms. The summed E-state index contributed by atoms with van der Waals surface area (Å²) in [5, 5.41) is 10.8. The van der Waals surface area contributed by atoms with E-state index in [4.69, 9.17) is 9.97 Å². The highest BCUT2D eigenvalue weighted by atomic mass is 14.9. The van der Waals surface area contributed by atoms with Gasteiger partial charge in [0.05, 0.1) is 11.4 Å². The van der Waals surface area contributed by atoms with E-state index in [1.54, 1.807) is 0 Å². The molecule has 1 aliphatic heterocycles. The number of dihydropyridines is 1. The fraction of sp³-hybridized carbons (Fsp3) is 0.0588. The molecule has 0 bridgehead atoms. The summed E-state index contributed by atoms with van der Waals surface area (Å²) in [6.45, 7) is 0.811. The van der Waals surface area contributed by atoms with Gasteiger partial charge in [-0.25, -0.2) is 9.97 Å². The molecule has 256 valence electrons. The highest BCUT2D eigenvalue weighted by molar-refractivity contribution is 6.21. The minimum absolute atomic E-state index is 0.716. The summed E-state index contributed by atoms with van der Waals surface area (Å²) in [7, 11) is 0. The predicted molar refractivity (Wildman–Crippen MR) is 227 cm³/mol. The van der Waals surface area contributed by atoms with Crippen molar-refractivity contribution in [2.24, 2.45) is 0 Å². The third-order valence-corrected chi connectivity index (χ3v) is 10.8. The smallest absolute Gasteiger partial charge is 0.160 e. The summed E-state index contributed by atoms with van der Waals surface area (Å²) in [5.41, 5.74) is 12.6. The molecule has 7 aromatic carbocycles. The van der Waals surface area contributed by atoms with Crippen LogP contribution in [0.2, 0.25) is 0 Å². The van der Waals surface area contributed by atoms with Gasteiger partial charge in [-0.2, -0.15) is 0 Å². The summed E-state index contributed by atoms with van der Waals surface area (Å²) in [4.78, 5) is 10.7. The number of fused-ring (bicyclic) bond motifs is 3. The Morgan fingerprint density at radius 2 is 1.15 bits per heavy atom. The van der Waals surface area contributed by atoms with Crippen molar-refractivity contribution in [2.75, 3.05) is 6.54 Å². The average molecular weight is 692 g/mol. The van der Waals surface area contributed by atoms with Gasteiger partial charge in [0.15, 0.2) is 5.82 Å². The molecule has 3 heteroatoms. The fourth-order valence-electron chi connectivity index (χ4n) is 8.28. The Bertz CT molecular complexity index is 2820. The SMILES string of the molecule is C1=CNCC(C2=C(c3cc(-c4ccc5ccccc5c4)nc(-c4cccc(-c5c6ccccc6c(-c6ccccc6)c6ccccc56)c4)n3)C=CCC2)=C1. The maximum atomic E-state index is 5.39. The van der Waals surface area contributed by atoms with Crippen molar-refractivity contribution in [1.29, 1.82) is 0 Å². The molecule has 0 atom stereocenters. The third-order valence-electron chi connectivity index (χ3n) is 10.8. The maximum absolute atomic E-state index is 5.39. The van der Waals surface area contributed by atoms with Gasteiger partial charge in [0.25, 0.3) is 0 Å². The van der Waals surface area contributed by atoms with E-state index in [2.05, 4.69) is 181 Å².